The molecule has 1 aliphatic rings. The molecule has 1 aliphatic heterocycles. The van der Waals surface area contributed by atoms with E-state index in [0.29, 0.717) is 48.4 Å². The molecular formula is C19H24ClFN4O3. The summed E-state index contributed by atoms with van der Waals surface area (Å²) in [4.78, 5) is 18.5. The average molecular weight is 411 g/mol. The van der Waals surface area contributed by atoms with Gasteiger partial charge in [0.25, 0.3) is 0 Å². The Kier molecular flexibility index (Phi) is 6.98. The molecule has 2 unspecified atom stereocenters. The van der Waals surface area contributed by atoms with Crippen molar-refractivity contribution < 1.29 is 18.4 Å². The van der Waals surface area contributed by atoms with E-state index in [1.54, 1.807) is 19.1 Å². The number of hydrogen-bond donors (Lipinski definition) is 1. The quantitative estimate of drug-likeness (QED) is 0.755. The van der Waals surface area contributed by atoms with Gasteiger partial charge in [-0.15, -0.1) is 0 Å². The molecule has 2 atom stereocenters. The number of benzene rings is 1. The zero-order chi connectivity index (χ0) is 20.1. The molecule has 28 heavy (non-hydrogen) atoms. The van der Waals surface area contributed by atoms with Crippen LogP contribution in [-0.4, -0.2) is 53.3 Å². The molecule has 3 rings (SSSR count). The third-order valence-electron chi connectivity index (χ3n) is 4.67. The molecule has 152 valence electrons. The van der Waals surface area contributed by atoms with Gasteiger partial charge in [0.15, 0.2) is 5.82 Å². The fourth-order valence-electron chi connectivity index (χ4n) is 3.33. The molecule has 2 aromatic rings. The van der Waals surface area contributed by atoms with Crippen molar-refractivity contribution in [3.63, 3.8) is 0 Å². The molecular weight excluding hydrogens is 387 g/mol. The van der Waals surface area contributed by atoms with E-state index in [1.165, 1.54) is 6.07 Å². The first-order chi connectivity index (χ1) is 13.4. The van der Waals surface area contributed by atoms with Crippen molar-refractivity contribution in [1.82, 2.24) is 20.4 Å². The largest absolute Gasteiger partial charge is 0.376 e. The smallest absolute Gasteiger partial charge is 0.227 e. The molecule has 0 aliphatic carbocycles. The van der Waals surface area contributed by atoms with Crippen molar-refractivity contribution >= 4 is 17.5 Å². The minimum atomic E-state index is -0.382. The highest BCUT2D eigenvalue weighted by Gasteiger charge is 2.29. The van der Waals surface area contributed by atoms with Gasteiger partial charge < -0.3 is 14.6 Å². The lowest BCUT2D eigenvalue weighted by molar-refractivity contribution is -0.121. The number of amides is 1. The molecule has 9 heteroatoms. The molecule has 2 heterocycles. The molecule has 0 radical (unpaired) electrons. The third-order valence-corrected chi connectivity index (χ3v) is 5.00. The summed E-state index contributed by atoms with van der Waals surface area (Å²) in [7, 11) is 0. The third kappa shape index (κ3) is 5.27. The van der Waals surface area contributed by atoms with Gasteiger partial charge >= 0.3 is 0 Å². The van der Waals surface area contributed by atoms with Crippen LogP contribution >= 0.6 is 11.6 Å². The van der Waals surface area contributed by atoms with Crippen molar-refractivity contribution in [3.8, 4) is 0 Å². The van der Waals surface area contributed by atoms with Gasteiger partial charge in [-0.1, -0.05) is 22.8 Å². The van der Waals surface area contributed by atoms with Gasteiger partial charge in [0.05, 0.1) is 18.8 Å². The Labute approximate surface area is 168 Å². The lowest BCUT2D eigenvalue weighted by Crippen LogP contribution is -2.47. The van der Waals surface area contributed by atoms with Crippen molar-refractivity contribution in [3.05, 3.63) is 46.3 Å². The standard InChI is InChI=1S/C19H24ClFN4O3/c1-12-11-25(8-9-27-12)16(19-14(20)4-3-5-15(19)21)10-22-17(26)6-7-18-23-13(2)24-28-18/h3-5,12,16H,6-11H2,1-2H3,(H,22,26). The monoisotopic (exact) mass is 410 g/mol. The Morgan fingerprint density at radius 3 is 3.00 bits per heavy atom. The molecule has 0 bridgehead atoms. The number of carbonyl (C=O) groups is 1. The molecule has 0 spiro atoms. The summed E-state index contributed by atoms with van der Waals surface area (Å²) in [6.07, 6.45) is 0.587. The first-order valence-electron chi connectivity index (χ1n) is 9.29. The molecule has 1 amide bonds. The van der Waals surface area contributed by atoms with Crippen LogP contribution in [0, 0.1) is 12.7 Å². The van der Waals surface area contributed by atoms with E-state index in [4.69, 9.17) is 20.9 Å². The molecule has 1 saturated heterocycles. The van der Waals surface area contributed by atoms with Crippen LogP contribution in [0.4, 0.5) is 4.39 Å². The van der Waals surface area contributed by atoms with Gasteiger partial charge in [-0.3, -0.25) is 9.69 Å². The van der Waals surface area contributed by atoms with E-state index in [9.17, 15) is 9.18 Å². The number of hydrogen-bond acceptors (Lipinski definition) is 6. The van der Waals surface area contributed by atoms with Gasteiger partial charge in [0, 0.05) is 43.1 Å². The van der Waals surface area contributed by atoms with Crippen LogP contribution in [0.1, 0.15) is 36.7 Å². The Hall–Kier alpha value is -2.03. The average Bonchev–Trinajstić information content (AvgIpc) is 3.07. The molecule has 7 nitrogen and oxygen atoms in total. The number of rotatable bonds is 7. The van der Waals surface area contributed by atoms with Gasteiger partial charge in [-0.25, -0.2) is 4.39 Å². The van der Waals surface area contributed by atoms with Gasteiger partial charge in [0.2, 0.25) is 11.8 Å². The maximum Gasteiger partial charge on any atom is 0.227 e. The second-order valence-electron chi connectivity index (χ2n) is 6.87. The lowest BCUT2D eigenvalue weighted by Gasteiger charge is -2.38. The molecule has 1 aromatic carbocycles. The zero-order valence-corrected chi connectivity index (χ0v) is 16.7. The minimum absolute atomic E-state index is 0.0262. The normalized spacial score (nSPS) is 18.8. The molecule has 1 fully saturated rings. The fraction of sp³-hybridized carbons (Fsp3) is 0.526. The summed E-state index contributed by atoms with van der Waals surface area (Å²) in [5.74, 6) is 0.399. The summed E-state index contributed by atoms with van der Waals surface area (Å²) in [6, 6.07) is 4.24. The number of morpholine rings is 1. The minimum Gasteiger partial charge on any atom is -0.376 e. The Bertz CT molecular complexity index is 796. The van der Waals surface area contributed by atoms with Crippen molar-refractivity contribution in [2.45, 2.75) is 38.8 Å². The highest BCUT2D eigenvalue weighted by molar-refractivity contribution is 6.31. The number of nitrogens with zero attached hydrogens (tertiary/aromatic N) is 3. The van der Waals surface area contributed by atoms with Crippen molar-refractivity contribution in [2.24, 2.45) is 0 Å². The van der Waals surface area contributed by atoms with Crippen LogP contribution in [0.5, 0.6) is 0 Å². The van der Waals surface area contributed by atoms with Crippen LogP contribution in [0.15, 0.2) is 22.7 Å². The highest BCUT2D eigenvalue weighted by atomic mass is 35.5. The lowest BCUT2D eigenvalue weighted by atomic mass is 10.0. The second kappa shape index (κ2) is 9.45. The van der Waals surface area contributed by atoms with E-state index in [1.807, 2.05) is 6.92 Å². The van der Waals surface area contributed by atoms with Crippen LogP contribution in [0.25, 0.3) is 0 Å². The van der Waals surface area contributed by atoms with Crippen LogP contribution in [0.2, 0.25) is 5.02 Å². The highest BCUT2D eigenvalue weighted by Crippen LogP contribution is 2.31. The van der Waals surface area contributed by atoms with E-state index in [-0.39, 0.29) is 36.8 Å². The molecule has 1 aromatic heterocycles. The maximum absolute atomic E-state index is 14.6. The van der Waals surface area contributed by atoms with E-state index < -0.39 is 0 Å². The Morgan fingerprint density at radius 2 is 2.32 bits per heavy atom. The summed E-state index contributed by atoms with van der Waals surface area (Å²) in [5.41, 5.74) is 0.395. The number of ether oxygens (including phenoxy) is 1. The number of carbonyl (C=O) groups excluding carboxylic acids is 1. The van der Waals surface area contributed by atoms with Gasteiger partial charge in [-0.05, 0) is 26.0 Å². The van der Waals surface area contributed by atoms with Crippen molar-refractivity contribution in [2.75, 3.05) is 26.2 Å². The topological polar surface area (TPSA) is 80.5 Å². The second-order valence-corrected chi connectivity index (χ2v) is 7.27. The van der Waals surface area contributed by atoms with Crippen LogP contribution < -0.4 is 5.32 Å². The molecule has 0 saturated carbocycles. The van der Waals surface area contributed by atoms with Crippen LogP contribution in [-0.2, 0) is 16.0 Å². The predicted octanol–water partition coefficient (Wildman–Crippen LogP) is 2.68. The first kappa shape index (κ1) is 20.7. The SMILES string of the molecule is Cc1noc(CCC(=O)NCC(c2c(F)cccc2Cl)N2CCOC(C)C2)n1. The van der Waals surface area contributed by atoms with Gasteiger partial charge in [0.1, 0.15) is 5.82 Å². The Morgan fingerprint density at radius 1 is 1.50 bits per heavy atom. The number of aryl methyl sites for hydroxylation is 2. The van der Waals surface area contributed by atoms with E-state index in [0.717, 1.165) is 0 Å². The number of nitrogens with one attached hydrogen (secondary N) is 1. The van der Waals surface area contributed by atoms with E-state index >= 15 is 0 Å². The zero-order valence-electron chi connectivity index (χ0n) is 16.0. The Balaban J connectivity index is 1.67. The fourth-order valence-corrected chi connectivity index (χ4v) is 3.62. The number of halogens is 2. The maximum atomic E-state index is 14.6. The summed E-state index contributed by atoms with van der Waals surface area (Å²) >= 11 is 6.30. The summed E-state index contributed by atoms with van der Waals surface area (Å²) < 4.78 is 25.2. The van der Waals surface area contributed by atoms with E-state index in [2.05, 4.69) is 20.4 Å². The van der Waals surface area contributed by atoms with Crippen LogP contribution in [0.3, 0.4) is 0 Å². The summed E-state index contributed by atoms with van der Waals surface area (Å²) in [6.45, 7) is 5.75. The van der Waals surface area contributed by atoms with Crippen molar-refractivity contribution in [1.29, 1.82) is 0 Å². The number of aromatic nitrogens is 2. The summed E-state index contributed by atoms with van der Waals surface area (Å²) in [5, 5.41) is 6.94. The van der Waals surface area contributed by atoms with Gasteiger partial charge in [-0.2, -0.15) is 4.98 Å². The molecule has 1 N–H and O–H groups in total. The first-order valence-corrected chi connectivity index (χ1v) is 9.67. The predicted molar refractivity (Wildman–Crippen MR) is 102 cm³/mol.